The Morgan fingerprint density at radius 2 is 1.72 bits per heavy atom. The van der Waals surface area contributed by atoms with Crippen molar-refractivity contribution in [3.05, 3.63) is 18.2 Å². The second-order valence-corrected chi connectivity index (χ2v) is 5.26. The molecule has 0 heterocycles. The van der Waals surface area contributed by atoms with Crippen LogP contribution in [0.2, 0.25) is 0 Å². The van der Waals surface area contributed by atoms with E-state index in [2.05, 4.69) is 0 Å². The van der Waals surface area contributed by atoms with Gasteiger partial charge in [0.2, 0.25) is 10.0 Å². The number of nitrogens with two attached hydrogens (primary N) is 2. The van der Waals surface area contributed by atoms with E-state index in [-0.39, 0.29) is 23.8 Å². The summed E-state index contributed by atoms with van der Waals surface area (Å²) in [6.07, 6.45) is 0. The monoisotopic (exact) mass is 275 g/mol. The molecule has 7 nitrogen and oxygen atoms in total. The second kappa shape index (κ2) is 6.01. The fourth-order valence-electron chi connectivity index (χ4n) is 1.59. The van der Waals surface area contributed by atoms with Crippen molar-refractivity contribution in [1.82, 2.24) is 0 Å². The van der Waals surface area contributed by atoms with Crippen LogP contribution in [0.4, 0.5) is 11.4 Å². The molecule has 0 atom stereocenters. The Morgan fingerprint density at radius 1 is 1.17 bits per heavy atom. The van der Waals surface area contributed by atoms with E-state index in [0.29, 0.717) is 18.8 Å². The lowest BCUT2D eigenvalue weighted by molar-refractivity contribution is 0.281. The number of nitrogen functional groups attached to an aromatic ring is 1. The van der Waals surface area contributed by atoms with E-state index in [1.54, 1.807) is 4.90 Å². The maximum Gasteiger partial charge on any atom is 0.238 e. The summed E-state index contributed by atoms with van der Waals surface area (Å²) in [5, 5.41) is 22.8. The molecule has 0 aliphatic carbocycles. The molecular weight excluding hydrogens is 258 g/mol. The molecule has 18 heavy (non-hydrogen) atoms. The van der Waals surface area contributed by atoms with Crippen molar-refractivity contribution in [3.63, 3.8) is 0 Å². The molecule has 6 N–H and O–H groups in total. The number of rotatable bonds is 6. The first-order valence-electron chi connectivity index (χ1n) is 5.29. The molecule has 102 valence electrons. The summed E-state index contributed by atoms with van der Waals surface area (Å²) in [4.78, 5) is 1.58. The van der Waals surface area contributed by atoms with Crippen LogP contribution in [0.3, 0.4) is 0 Å². The topological polar surface area (TPSA) is 130 Å². The molecule has 1 aromatic carbocycles. The van der Waals surface area contributed by atoms with Gasteiger partial charge in [0.1, 0.15) is 0 Å². The Labute approximate surface area is 106 Å². The van der Waals surface area contributed by atoms with Gasteiger partial charge in [-0.25, -0.2) is 13.6 Å². The fourth-order valence-corrected chi connectivity index (χ4v) is 2.14. The van der Waals surface area contributed by atoms with E-state index >= 15 is 0 Å². The van der Waals surface area contributed by atoms with Crippen molar-refractivity contribution in [2.75, 3.05) is 36.9 Å². The molecule has 1 aromatic rings. The molecule has 0 unspecified atom stereocenters. The summed E-state index contributed by atoms with van der Waals surface area (Å²) in [6, 6.07) is 4.09. The Bertz CT molecular complexity index is 498. The number of anilines is 2. The summed E-state index contributed by atoms with van der Waals surface area (Å²) >= 11 is 0. The SMILES string of the molecule is Nc1cc(S(N)(=O)=O)ccc1N(CCO)CCO. The number of aliphatic hydroxyl groups is 2. The second-order valence-electron chi connectivity index (χ2n) is 3.70. The maximum absolute atomic E-state index is 11.1. The van der Waals surface area contributed by atoms with Gasteiger partial charge in [0.15, 0.2) is 0 Å². The van der Waals surface area contributed by atoms with Crippen LogP contribution in [-0.2, 0) is 10.0 Å². The minimum Gasteiger partial charge on any atom is -0.397 e. The molecule has 0 spiro atoms. The third-order valence-corrected chi connectivity index (χ3v) is 3.32. The van der Waals surface area contributed by atoms with E-state index in [9.17, 15) is 8.42 Å². The minimum absolute atomic E-state index is 0.0725. The van der Waals surface area contributed by atoms with Gasteiger partial charge in [-0.3, -0.25) is 0 Å². The van der Waals surface area contributed by atoms with Crippen molar-refractivity contribution < 1.29 is 18.6 Å². The Hall–Kier alpha value is -1.35. The molecule has 0 amide bonds. The van der Waals surface area contributed by atoms with Crippen molar-refractivity contribution in [3.8, 4) is 0 Å². The number of sulfonamides is 1. The van der Waals surface area contributed by atoms with Crippen LogP contribution < -0.4 is 15.8 Å². The normalized spacial score (nSPS) is 11.5. The molecular formula is C10H17N3O4S. The van der Waals surface area contributed by atoms with Gasteiger partial charge in [0.05, 0.1) is 29.5 Å². The average molecular weight is 275 g/mol. The van der Waals surface area contributed by atoms with E-state index in [1.165, 1.54) is 18.2 Å². The van der Waals surface area contributed by atoms with Gasteiger partial charge in [-0.2, -0.15) is 0 Å². The van der Waals surface area contributed by atoms with Crippen LogP contribution in [0.25, 0.3) is 0 Å². The number of hydrogen-bond donors (Lipinski definition) is 4. The van der Waals surface area contributed by atoms with Crippen molar-refractivity contribution in [1.29, 1.82) is 0 Å². The molecule has 0 aliphatic rings. The largest absolute Gasteiger partial charge is 0.397 e. The zero-order chi connectivity index (χ0) is 13.8. The number of primary sulfonamides is 1. The van der Waals surface area contributed by atoms with Gasteiger partial charge in [-0.15, -0.1) is 0 Å². The van der Waals surface area contributed by atoms with E-state index in [0.717, 1.165) is 0 Å². The standard InChI is InChI=1S/C10H17N3O4S/c11-9-7-8(18(12,16)17)1-2-10(9)13(3-5-14)4-6-15/h1-2,7,14-15H,3-6,11H2,(H2,12,16,17). The lowest BCUT2D eigenvalue weighted by Gasteiger charge is -2.24. The summed E-state index contributed by atoms with van der Waals surface area (Å²) in [5.74, 6) is 0. The Morgan fingerprint density at radius 3 is 2.11 bits per heavy atom. The quantitative estimate of drug-likeness (QED) is 0.478. The van der Waals surface area contributed by atoms with Crippen molar-refractivity contribution in [2.45, 2.75) is 4.90 Å². The fraction of sp³-hybridized carbons (Fsp3) is 0.400. The van der Waals surface area contributed by atoms with Crippen LogP contribution in [0.1, 0.15) is 0 Å². The lowest BCUT2D eigenvalue weighted by Crippen LogP contribution is -2.30. The zero-order valence-electron chi connectivity index (χ0n) is 9.78. The molecule has 0 aliphatic heterocycles. The summed E-state index contributed by atoms with van der Waals surface area (Å²) in [5.41, 5.74) is 6.53. The number of hydrogen-bond acceptors (Lipinski definition) is 6. The first kappa shape index (κ1) is 14.7. The van der Waals surface area contributed by atoms with Gasteiger partial charge >= 0.3 is 0 Å². The lowest BCUT2D eigenvalue weighted by atomic mass is 10.2. The molecule has 1 rings (SSSR count). The number of aliphatic hydroxyl groups excluding tert-OH is 2. The highest BCUT2D eigenvalue weighted by atomic mass is 32.2. The minimum atomic E-state index is -3.79. The van der Waals surface area contributed by atoms with Gasteiger partial charge in [-0.05, 0) is 18.2 Å². The smallest absolute Gasteiger partial charge is 0.238 e. The van der Waals surface area contributed by atoms with Crippen LogP contribution >= 0.6 is 0 Å². The predicted octanol–water partition coefficient (Wildman–Crippen LogP) is -1.29. The molecule has 0 saturated carbocycles. The Balaban J connectivity index is 3.10. The van der Waals surface area contributed by atoms with Crippen LogP contribution in [0.5, 0.6) is 0 Å². The van der Waals surface area contributed by atoms with Gasteiger partial charge in [-0.1, -0.05) is 0 Å². The summed E-state index contributed by atoms with van der Waals surface area (Å²) in [7, 11) is -3.79. The van der Waals surface area contributed by atoms with Crippen LogP contribution in [0.15, 0.2) is 23.1 Å². The number of benzene rings is 1. The van der Waals surface area contributed by atoms with Crippen molar-refractivity contribution >= 4 is 21.4 Å². The summed E-state index contributed by atoms with van der Waals surface area (Å²) < 4.78 is 22.3. The first-order valence-corrected chi connectivity index (χ1v) is 6.83. The van der Waals surface area contributed by atoms with Gasteiger partial charge < -0.3 is 20.8 Å². The highest BCUT2D eigenvalue weighted by Crippen LogP contribution is 2.25. The highest BCUT2D eigenvalue weighted by Gasteiger charge is 2.13. The van der Waals surface area contributed by atoms with E-state index < -0.39 is 10.0 Å². The Kier molecular flexibility index (Phi) is 4.91. The van der Waals surface area contributed by atoms with E-state index in [4.69, 9.17) is 21.1 Å². The molecule has 8 heteroatoms. The molecule has 0 fully saturated rings. The average Bonchev–Trinajstić information content (AvgIpc) is 2.27. The van der Waals surface area contributed by atoms with Gasteiger partial charge in [0, 0.05) is 13.1 Å². The molecule has 0 radical (unpaired) electrons. The third-order valence-electron chi connectivity index (χ3n) is 2.41. The van der Waals surface area contributed by atoms with E-state index in [1.807, 2.05) is 0 Å². The molecule has 0 bridgehead atoms. The molecule has 0 saturated heterocycles. The maximum atomic E-state index is 11.1. The van der Waals surface area contributed by atoms with Crippen LogP contribution in [-0.4, -0.2) is 44.9 Å². The summed E-state index contributed by atoms with van der Waals surface area (Å²) in [6.45, 7) is 0.381. The zero-order valence-corrected chi connectivity index (χ0v) is 10.6. The van der Waals surface area contributed by atoms with Gasteiger partial charge in [0.25, 0.3) is 0 Å². The number of nitrogens with zero attached hydrogens (tertiary/aromatic N) is 1. The molecule has 0 aromatic heterocycles. The third kappa shape index (κ3) is 3.57. The first-order chi connectivity index (χ1) is 8.40. The predicted molar refractivity (Wildman–Crippen MR) is 68.6 cm³/mol. The van der Waals surface area contributed by atoms with Crippen LogP contribution in [0, 0.1) is 0 Å². The van der Waals surface area contributed by atoms with Crippen molar-refractivity contribution in [2.24, 2.45) is 5.14 Å². The highest BCUT2D eigenvalue weighted by molar-refractivity contribution is 7.89.